The van der Waals surface area contributed by atoms with Crippen molar-refractivity contribution in [3.63, 3.8) is 0 Å². The van der Waals surface area contributed by atoms with Crippen LogP contribution < -0.4 is 5.32 Å². The Morgan fingerprint density at radius 3 is 2.85 bits per heavy atom. The third-order valence-corrected chi connectivity index (χ3v) is 2.96. The van der Waals surface area contributed by atoms with E-state index in [2.05, 4.69) is 24.4 Å². The maximum absolute atomic E-state index is 9.76. The van der Waals surface area contributed by atoms with Crippen molar-refractivity contribution in [3.05, 3.63) is 35.4 Å². The summed E-state index contributed by atoms with van der Waals surface area (Å²) in [6, 6.07) is 8.25. The van der Waals surface area contributed by atoms with Crippen LogP contribution >= 0.6 is 0 Å². The van der Waals surface area contributed by atoms with Gasteiger partial charge in [0, 0.05) is 26.8 Å². The zero-order valence-corrected chi connectivity index (χ0v) is 12.6. The SMILES string of the molecule is CCCCOCC(O)CNCc1cccc(COC)c1. The molecule has 0 aliphatic rings. The first-order chi connectivity index (χ1) is 9.76. The molecule has 4 nitrogen and oxygen atoms in total. The quantitative estimate of drug-likeness (QED) is 0.610. The Hall–Kier alpha value is -0.940. The van der Waals surface area contributed by atoms with E-state index in [1.54, 1.807) is 7.11 Å². The summed E-state index contributed by atoms with van der Waals surface area (Å²) in [4.78, 5) is 0. The highest BCUT2D eigenvalue weighted by atomic mass is 16.5. The van der Waals surface area contributed by atoms with Crippen LogP contribution in [0.25, 0.3) is 0 Å². The van der Waals surface area contributed by atoms with Crippen molar-refractivity contribution in [2.45, 2.75) is 39.0 Å². The van der Waals surface area contributed by atoms with Gasteiger partial charge in [0.15, 0.2) is 0 Å². The Labute approximate surface area is 122 Å². The predicted octanol–water partition coefficient (Wildman–Crippen LogP) is 2.10. The van der Waals surface area contributed by atoms with Crippen LogP contribution in [0.1, 0.15) is 30.9 Å². The molecule has 20 heavy (non-hydrogen) atoms. The molecule has 0 saturated heterocycles. The first-order valence-electron chi connectivity index (χ1n) is 7.29. The topological polar surface area (TPSA) is 50.7 Å². The number of rotatable bonds is 11. The van der Waals surface area contributed by atoms with Crippen LogP contribution in [0.2, 0.25) is 0 Å². The molecular weight excluding hydrogens is 254 g/mol. The Morgan fingerprint density at radius 2 is 2.10 bits per heavy atom. The monoisotopic (exact) mass is 281 g/mol. The number of hydrogen-bond donors (Lipinski definition) is 2. The summed E-state index contributed by atoms with van der Waals surface area (Å²) in [6.45, 7) is 5.16. The van der Waals surface area contributed by atoms with Gasteiger partial charge >= 0.3 is 0 Å². The first-order valence-corrected chi connectivity index (χ1v) is 7.29. The van der Waals surface area contributed by atoms with Crippen LogP contribution in [0.15, 0.2) is 24.3 Å². The summed E-state index contributed by atoms with van der Waals surface area (Å²) in [7, 11) is 1.69. The molecule has 0 radical (unpaired) electrons. The second-order valence-electron chi connectivity index (χ2n) is 4.97. The second-order valence-corrected chi connectivity index (χ2v) is 4.97. The normalized spacial score (nSPS) is 12.6. The van der Waals surface area contributed by atoms with Gasteiger partial charge in [0.2, 0.25) is 0 Å². The lowest BCUT2D eigenvalue weighted by atomic mass is 10.1. The molecule has 114 valence electrons. The van der Waals surface area contributed by atoms with Gasteiger partial charge in [-0.1, -0.05) is 37.6 Å². The van der Waals surface area contributed by atoms with E-state index in [1.807, 2.05) is 12.1 Å². The van der Waals surface area contributed by atoms with Crippen molar-refractivity contribution in [3.8, 4) is 0 Å². The fourth-order valence-electron chi connectivity index (χ4n) is 1.90. The van der Waals surface area contributed by atoms with Gasteiger partial charge in [0.1, 0.15) is 0 Å². The van der Waals surface area contributed by atoms with E-state index >= 15 is 0 Å². The van der Waals surface area contributed by atoms with Gasteiger partial charge in [-0.2, -0.15) is 0 Å². The third kappa shape index (κ3) is 7.60. The van der Waals surface area contributed by atoms with Gasteiger partial charge in [0.25, 0.3) is 0 Å². The number of aliphatic hydroxyl groups excluding tert-OH is 1. The standard InChI is InChI=1S/C16H27NO3/c1-3-4-8-20-13-16(18)11-17-10-14-6-5-7-15(9-14)12-19-2/h5-7,9,16-18H,3-4,8,10-13H2,1-2H3. The van der Waals surface area contributed by atoms with E-state index in [9.17, 15) is 5.11 Å². The maximum atomic E-state index is 9.76. The lowest BCUT2D eigenvalue weighted by Gasteiger charge is -2.12. The van der Waals surface area contributed by atoms with Crippen LogP contribution in [0.4, 0.5) is 0 Å². The molecule has 0 heterocycles. The summed E-state index contributed by atoms with van der Waals surface area (Å²) >= 11 is 0. The zero-order valence-electron chi connectivity index (χ0n) is 12.6. The van der Waals surface area contributed by atoms with Crippen LogP contribution in [0.5, 0.6) is 0 Å². The van der Waals surface area contributed by atoms with Gasteiger partial charge in [-0.25, -0.2) is 0 Å². The summed E-state index contributed by atoms with van der Waals surface area (Å²) in [6.07, 6.45) is 1.72. The summed E-state index contributed by atoms with van der Waals surface area (Å²) < 4.78 is 10.5. The third-order valence-electron chi connectivity index (χ3n) is 2.96. The molecule has 1 unspecified atom stereocenters. The molecule has 0 aliphatic carbocycles. The van der Waals surface area contributed by atoms with Crippen molar-refractivity contribution in [1.82, 2.24) is 5.32 Å². The number of hydrogen-bond acceptors (Lipinski definition) is 4. The molecule has 0 spiro atoms. The van der Waals surface area contributed by atoms with E-state index in [-0.39, 0.29) is 0 Å². The first kappa shape index (κ1) is 17.1. The molecule has 1 aromatic carbocycles. The maximum Gasteiger partial charge on any atom is 0.0897 e. The van der Waals surface area contributed by atoms with E-state index < -0.39 is 6.10 Å². The average molecular weight is 281 g/mol. The van der Waals surface area contributed by atoms with E-state index in [0.29, 0.717) is 19.8 Å². The van der Waals surface area contributed by atoms with Crippen molar-refractivity contribution < 1.29 is 14.6 Å². The molecule has 2 N–H and O–H groups in total. The van der Waals surface area contributed by atoms with Crippen molar-refractivity contribution in [2.75, 3.05) is 26.9 Å². The number of nitrogens with one attached hydrogen (secondary N) is 1. The highest BCUT2D eigenvalue weighted by Gasteiger charge is 2.04. The fourth-order valence-corrected chi connectivity index (χ4v) is 1.90. The Kier molecular flexibility index (Phi) is 9.24. The van der Waals surface area contributed by atoms with Crippen LogP contribution in [0, 0.1) is 0 Å². The predicted molar refractivity (Wildman–Crippen MR) is 80.6 cm³/mol. The summed E-state index contributed by atoms with van der Waals surface area (Å²) in [5.74, 6) is 0. The number of benzene rings is 1. The largest absolute Gasteiger partial charge is 0.389 e. The van der Waals surface area contributed by atoms with Gasteiger partial charge < -0.3 is 19.9 Å². The Morgan fingerprint density at radius 1 is 1.30 bits per heavy atom. The number of ether oxygens (including phenoxy) is 2. The van der Waals surface area contributed by atoms with Gasteiger partial charge in [-0.05, 0) is 17.5 Å². The molecule has 0 saturated carbocycles. The molecule has 1 aromatic rings. The van der Waals surface area contributed by atoms with Crippen molar-refractivity contribution >= 4 is 0 Å². The summed E-state index contributed by atoms with van der Waals surface area (Å²) in [5.41, 5.74) is 2.36. The second kappa shape index (κ2) is 10.8. The van der Waals surface area contributed by atoms with Crippen LogP contribution in [-0.4, -0.2) is 38.1 Å². The zero-order chi connectivity index (χ0) is 14.6. The molecule has 0 fully saturated rings. The minimum atomic E-state index is -0.450. The van der Waals surface area contributed by atoms with E-state index in [0.717, 1.165) is 31.6 Å². The molecule has 1 rings (SSSR count). The minimum Gasteiger partial charge on any atom is -0.389 e. The molecule has 4 heteroatoms. The van der Waals surface area contributed by atoms with Crippen LogP contribution in [0.3, 0.4) is 0 Å². The van der Waals surface area contributed by atoms with Gasteiger partial charge in [-0.3, -0.25) is 0 Å². The number of unbranched alkanes of at least 4 members (excludes halogenated alkanes) is 1. The fraction of sp³-hybridized carbons (Fsp3) is 0.625. The lowest BCUT2D eigenvalue weighted by molar-refractivity contribution is 0.0358. The van der Waals surface area contributed by atoms with Crippen molar-refractivity contribution in [1.29, 1.82) is 0 Å². The Bertz CT molecular complexity index is 357. The molecule has 0 aromatic heterocycles. The molecular formula is C16H27NO3. The van der Waals surface area contributed by atoms with E-state index in [1.165, 1.54) is 5.56 Å². The highest BCUT2D eigenvalue weighted by molar-refractivity contribution is 5.22. The number of aliphatic hydroxyl groups is 1. The molecule has 0 amide bonds. The smallest absolute Gasteiger partial charge is 0.0897 e. The minimum absolute atomic E-state index is 0.400. The van der Waals surface area contributed by atoms with Crippen molar-refractivity contribution in [2.24, 2.45) is 0 Å². The summed E-state index contributed by atoms with van der Waals surface area (Å²) in [5, 5.41) is 13.0. The van der Waals surface area contributed by atoms with Gasteiger partial charge in [-0.15, -0.1) is 0 Å². The molecule has 0 bridgehead atoms. The average Bonchev–Trinajstić information content (AvgIpc) is 2.44. The van der Waals surface area contributed by atoms with Crippen LogP contribution in [-0.2, 0) is 22.6 Å². The Balaban J connectivity index is 2.18. The van der Waals surface area contributed by atoms with E-state index in [4.69, 9.17) is 9.47 Å². The highest BCUT2D eigenvalue weighted by Crippen LogP contribution is 2.06. The lowest BCUT2D eigenvalue weighted by Crippen LogP contribution is -2.30. The number of methoxy groups -OCH3 is 1. The molecule has 0 aliphatic heterocycles. The molecule has 1 atom stereocenters. The van der Waals surface area contributed by atoms with Gasteiger partial charge in [0.05, 0.1) is 19.3 Å².